The first kappa shape index (κ1) is 92.4. The van der Waals surface area contributed by atoms with Crippen LogP contribution >= 0.6 is 56.9 Å². The molecule has 0 bridgehead atoms. The number of aryl methyl sites for hydroxylation is 1. The number of ether oxygens (including phenoxy) is 8. The summed E-state index contributed by atoms with van der Waals surface area (Å²) in [5.74, 6) is 5.21. The van der Waals surface area contributed by atoms with Gasteiger partial charge in [0, 0.05) is 83.2 Å². The predicted molar refractivity (Wildman–Crippen MR) is 505 cm³/mol. The van der Waals surface area contributed by atoms with E-state index >= 15 is 0 Å². The average Bonchev–Trinajstić information content (AvgIpc) is 1.66. The SMILES string of the molecule is CCNCCOc1ccc(Oc2c(C(=O)c3ccc(C)cc3)sc3cc(O)ccc23)cc1.CCNCCOc1ccc(Oc2c(C(=O)c3ccc(F)cc3)sc3cc(O)ccc23)cc1.CCNCCOc1ccc(Oc2c(C(=O)c3ccccc3Cl)sc3cc(O)ccc23)cc1.CCNCCOc1ccc(Oc2c(C(=O)c3ccccc3F)sc3cc(O)ccc23)cc1. The van der Waals surface area contributed by atoms with Crippen LogP contribution in [0.25, 0.3) is 40.3 Å². The van der Waals surface area contributed by atoms with Crippen molar-refractivity contribution < 1.29 is 86.3 Å². The summed E-state index contributed by atoms with van der Waals surface area (Å²) in [6.07, 6.45) is 0. The van der Waals surface area contributed by atoms with Gasteiger partial charge >= 0.3 is 0 Å². The highest BCUT2D eigenvalue weighted by molar-refractivity contribution is 7.22. The minimum atomic E-state index is -0.595. The van der Waals surface area contributed by atoms with Gasteiger partial charge in [-0.1, -0.05) is 93.4 Å². The van der Waals surface area contributed by atoms with Gasteiger partial charge in [-0.15, -0.1) is 45.3 Å². The minimum Gasteiger partial charge on any atom is -0.508 e. The van der Waals surface area contributed by atoms with Crippen LogP contribution in [-0.4, -0.2) is 122 Å². The van der Waals surface area contributed by atoms with Gasteiger partial charge in [0.05, 0.1) is 10.6 Å². The number of carbonyl (C=O) groups excluding carboxylic acids is 4. The first-order valence-electron chi connectivity index (χ1n) is 41.2. The number of benzene rings is 12. The molecule has 4 aromatic heterocycles. The van der Waals surface area contributed by atoms with Gasteiger partial charge in [0.2, 0.25) is 23.1 Å². The number of phenols is 4. The van der Waals surface area contributed by atoms with Crippen LogP contribution in [0.5, 0.6) is 92.0 Å². The molecule has 0 spiro atoms. The van der Waals surface area contributed by atoms with Gasteiger partial charge in [-0.2, -0.15) is 0 Å². The van der Waals surface area contributed by atoms with Crippen LogP contribution < -0.4 is 59.2 Å². The second kappa shape index (κ2) is 45.3. The zero-order valence-electron chi connectivity index (χ0n) is 70.3. The highest BCUT2D eigenvalue weighted by atomic mass is 35.5. The molecule has 27 heteroatoms. The Hall–Kier alpha value is -13.3. The summed E-state index contributed by atoms with van der Waals surface area (Å²) in [4.78, 5) is 54.5. The van der Waals surface area contributed by atoms with E-state index < -0.39 is 17.4 Å². The molecule has 8 N–H and O–H groups in total. The lowest BCUT2D eigenvalue weighted by Crippen LogP contribution is -2.20. The lowest BCUT2D eigenvalue weighted by molar-refractivity contribution is 0.102. The normalized spacial score (nSPS) is 10.9. The maximum Gasteiger partial charge on any atom is 0.209 e. The quantitative estimate of drug-likeness (QED) is 0.0134. The number of likely N-dealkylation sites (N-methyl/N-ethyl adjacent to an activating group) is 4. The molecule has 0 saturated carbocycles. The van der Waals surface area contributed by atoms with Crippen molar-refractivity contribution in [2.45, 2.75) is 34.6 Å². The summed E-state index contributed by atoms with van der Waals surface area (Å²) >= 11 is 11.2. The van der Waals surface area contributed by atoms with Crippen molar-refractivity contribution in [1.82, 2.24) is 21.3 Å². The van der Waals surface area contributed by atoms with E-state index in [4.69, 9.17) is 49.5 Å². The van der Waals surface area contributed by atoms with Crippen LogP contribution in [0.4, 0.5) is 8.78 Å². The fourth-order valence-corrected chi connectivity index (χ4v) is 17.6. The standard InChI is InChI=1S/C26H25NO4S.C25H22ClNO4S.2C25H22FNO4S/c1-3-27-14-15-30-20-9-11-21(12-10-20)31-25-22-13-8-19(28)16-23(22)32-26(25)24(29)18-6-4-17(2)5-7-18;1-2-27-13-14-30-17-8-10-18(11-9-17)31-24-20-12-7-16(28)15-22(20)32-25(24)23(29)19-5-3-4-6-21(19)26;1-2-27-13-14-30-19-8-10-20(11-9-19)31-24-21-12-7-18(28)15-22(21)32-25(24)23(29)16-3-5-17(26)6-4-16;1-2-27-13-14-30-17-8-10-18(11-9-17)31-24-20-12-7-16(28)15-22(20)32-25(24)23(29)19-5-3-4-6-21(19)26/h4-13,16,27-28H,3,14-15H2,1-2H3;3*3-12,15,27-28H,2,13-14H2,1H3. The third kappa shape index (κ3) is 24.3. The summed E-state index contributed by atoms with van der Waals surface area (Å²) in [6, 6.07) is 74.2. The summed E-state index contributed by atoms with van der Waals surface area (Å²) in [6.45, 7) is 19.1. The number of thiophene rings is 4. The lowest BCUT2D eigenvalue weighted by atomic mass is 10.1. The molecular formula is C101H91ClF2N4O16S4. The largest absolute Gasteiger partial charge is 0.508 e. The topological polar surface area (TPSA) is 271 Å². The molecule has 0 fully saturated rings. The van der Waals surface area contributed by atoms with Gasteiger partial charge in [0.25, 0.3) is 0 Å². The summed E-state index contributed by atoms with van der Waals surface area (Å²) in [7, 11) is 0. The number of fused-ring (bicyclic) bond motifs is 4. The maximum absolute atomic E-state index is 14.3. The molecule has 12 aromatic carbocycles. The van der Waals surface area contributed by atoms with Crippen LogP contribution in [0.1, 0.15) is 94.2 Å². The van der Waals surface area contributed by atoms with E-state index in [-0.39, 0.29) is 50.8 Å². The summed E-state index contributed by atoms with van der Waals surface area (Å²) < 4.78 is 77.9. The second-order valence-corrected chi connectivity index (χ2v) is 33.1. The molecule has 0 aliphatic heterocycles. The molecule has 16 aromatic rings. The second-order valence-electron chi connectivity index (χ2n) is 28.5. The number of hydrogen-bond acceptors (Lipinski definition) is 24. The molecule has 4 heterocycles. The van der Waals surface area contributed by atoms with Gasteiger partial charge in [-0.05, 0) is 251 Å². The minimum absolute atomic E-state index is 0.0300. The van der Waals surface area contributed by atoms with E-state index in [0.717, 1.165) is 107 Å². The third-order valence-corrected chi connectivity index (χ3v) is 24.2. The fourth-order valence-electron chi connectivity index (χ4n) is 12.9. The smallest absolute Gasteiger partial charge is 0.209 e. The molecule has 0 unspecified atom stereocenters. The first-order chi connectivity index (χ1) is 62.2. The Morgan fingerprint density at radius 2 is 0.586 bits per heavy atom. The lowest BCUT2D eigenvalue weighted by Gasteiger charge is -2.10. The Balaban J connectivity index is 0.000000146. The van der Waals surface area contributed by atoms with Crippen molar-refractivity contribution >= 4 is 120 Å². The van der Waals surface area contributed by atoms with E-state index in [9.17, 15) is 48.4 Å². The molecule has 16 rings (SSSR count). The number of hydrogen-bond donors (Lipinski definition) is 8. The molecule has 0 aliphatic rings. The number of rotatable bonds is 36. The number of nitrogens with one attached hydrogen (secondary N) is 4. The number of aromatic hydroxyl groups is 4. The number of ketones is 4. The average molecular weight is 1820 g/mol. The zero-order valence-corrected chi connectivity index (χ0v) is 74.4. The van der Waals surface area contributed by atoms with Gasteiger partial charge in [-0.3, -0.25) is 19.2 Å². The van der Waals surface area contributed by atoms with Crippen molar-refractivity contribution in [3.63, 3.8) is 0 Å². The molecule has 20 nitrogen and oxygen atoms in total. The van der Waals surface area contributed by atoms with Crippen LogP contribution in [0, 0.1) is 18.6 Å². The van der Waals surface area contributed by atoms with E-state index in [0.29, 0.717) is 135 Å². The van der Waals surface area contributed by atoms with E-state index in [1.54, 1.807) is 146 Å². The Bertz CT molecular complexity index is 6080. The van der Waals surface area contributed by atoms with Gasteiger partial charge in [-0.25, -0.2) is 8.78 Å². The van der Waals surface area contributed by atoms with E-state index in [2.05, 4.69) is 28.2 Å². The first-order valence-corrected chi connectivity index (χ1v) is 44.9. The van der Waals surface area contributed by atoms with Gasteiger partial charge in [0.1, 0.15) is 127 Å². The Labute approximate surface area is 759 Å². The predicted octanol–water partition coefficient (Wildman–Crippen LogP) is 23.7. The van der Waals surface area contributed by atoms with Crippen molar-refractivity contribution in [2.75, 3.05) is 78.8 Å². The number of phenolic OH excluding ortho intramolecular Hbond substituents is 4. The van der Waals surface area contributed by atoms with Gasteiger partial charge < -0.3 is 79.6 Å². The Morgan fingerprint density at radius 1 is 0.320 bits per heavy atom. The summed E-state index contributed by atoms with van der Waals surface area (Å²) in [5, 5.41) is 55.6. The van der Waals surface area contributed by atoms with E-state index in [1.165, 1.54) is 82.5 Å². The maximum atomic E-state index is 14.3. The zero-order chi connectivity index (χ0) is 90.0. The molecule has 0 atom stereocenters. The highest BCUT2D eigenvalue weighted by Crippen LogP contribution is 2.48. The van der Waals surface area contributed by atoms with E-state index in [1.807, 2.05) is 100 Å². The summed E-state index contributed by atoms with van der Waals surface area (Å²) in [5.41, 5.74) is 2.42. The Kier molecular flexibility index (Phi) is 32.7. The highest BCUT2D eigenvalue weighted by Gasteiger charge is 2.29. The van der Waals surface area contributed by atoms with Gasteiger partial charge in [0.15, 0.2) is 23.0 Å². The monoisotopic (exact) mass is 1820 g/mol. The van der Waals surface area contributed by atoms with Crippen molar-refractivity contribution in [3.8, 4) is 92.0 Å². The molecule has 0 saturated heterocycles. The van der Waals surface area contributed by atoms with Crippen molar-refractivity contribution in [2.24, 2.45) is 0 Å². The molecule has 0 aliphatic carbocycles. The molecule has 0 amide bonds. The van der Waals surface area contributed by atoms with Crippen LogP contribution in [-0.2, 0) is 0 Å². The van der Waals surface area contributed by atoms with Crippen LogP contribution in [0.15, 0.2) is 267 Å². The fraction of sp³-hybridized carbons (Fsp3) is 0.168. The van der Waals surface area contributed by atoms with Crippen molar-refractivity contribution in [1.29, 1.82) is 0 Å². The molecular weight excluding hydrogens is 1730 g/mol. The number of carbonyl (C=O) groups is 4. The molecule has 128 heavy (non-hydrogen) atoms. The number of halogens is 3. The van der Waals surface area contributed by atoms with Crippen molar-refractivity contribution in [3.05, 3.63) is 331 Å². The van der Waals surface area contributed by atoms with Crippen LogP contribution in [0.3, 0.4) is 0 Å². The Morgan fingerprint density at radius 3 is 0.883 bits per heavy atom. The molecule has 0 radical (unpaired) electrons. The molecule has 656 valence electrons. The van der Waals surface area contributed by atoms with Crippen LogP contribution in [0.2, 0.25) is 5.02 Å². The third-order valence-electron chi connectivity index (χ3n) is 19.4.